The third kappa shape index (κ3) is 8.12. The lowest BCUT2D eigenvalue weighted by molar-refractivity contribution is 0.185. The fraction of sp³-hybridized carbons (Fsp3) is 1.00. The van der Waals surface area contributed by atoms with Gasteiger partial charge in [-0.2, -0.15) is 0 Å². The molecule has 0 saturated heterocycles. The van der Waals surface area contributed by atoms with Gasteiger partial charge in [0.15, 0.2) is 0 Å². The van der Waals surface area contributed by atoms with Gasteiger partial charge in [-0.3, -0.25) is 0 Å². The summed E-state index contributed by atoms with van der Waals surface area (Å²) in [4.78, 5) is 2.47. The normalized spacial score (nSPS) is 14.4. The molecular weight excluding hydrogens is 196 g/mol. The Morgan fingerprint density at radius 2 is 1.88 bits per heavy atom. The lowest BCUT2D eigenvalue weighted by Crippen LogP contribution is -2.40. The summed E-state index contributed by atoms with van der Waals surface area (Å²) in [5, 5.41) is 3.52. The van der Waals surface area contributed by atoms with Gasteiger partial charge in [0.1, 0.15) is 0 Å². The van der Waals surface area contributed by atoms with E-state index in [9.17, 15) is 0 Å². The standard InChI is InChI=1S/C14H32N2/c1-7-9-15-11-14(4,5)12-16(6)10-13(3)8-2/h13,15H,7-12H2,1-6H3. The molecule has 1 atom stereocenters. The molecule has 0 aliphatic carbocycles. The molecule has 2 heteroatoms. The van der Waals surface area contributed by atoms with Crippen molar-refractivity contribution < 1.29 is 0 Å². The maximum atomic E-state index is 3.52. The van der Waals surface area contributed by atoms with Crippen LogP contribution in [0.1, 0.15) is 47.5 Å². The molecule has 0 aromatic rings. The highest BCUT2D eigenvalue weighted by Gasteiger charge is 2.20. The first-order valence-electron chi connectivity index (χ1n) is 6.80. The zero-order valence-corrected chi connectivity index (χ0v) is 12.3. The van der Waals surface area contributed by atoms with Crippen molar-refractivity contribution in [2.24, 2.45) is 11.3 Å². The van der Waals surface area contributed by atoms with E-state index in [1.54, 1.807) is 0 Å². The summed E-state index contributed by atoms with van der Waals surface area (Å²) >= 11 is 0. The highest BCUT2D eigenvalue weighted by atomic mass is 15.1. The van der Waals surface area contributed by atoms with E-state index in [-0.39, 0.29) is 0 Å². The molecule has 0 rings (SSSR count). The molecule has 2 nitrogen and oxygen atoms in total. The van der Waals surface area contributed by atoms with Gasteiger partial charge in [0.2, 0.25) is 0 Å². The molecule has 0 heterocycles. The summed E-state index contributed by atoms with van der Waals surface area (Å²) in [5.74, 6) is 0.810. The summed E-state index contributed by atoms with van der Waals surface area (Å²) in [6, 6.07) is 0. The third-order valence-corrected chi connectivity index (χ3v) is 3.05. The predicted octanol–water partition coefficient (Wildman–Crippen LogP) is 2.99. The fourth-order valence-corrected chi connectivity index (χ4v) is 2.12. The van der Waals surface area contributed by atoms with Gasteiger partial charge in [-0.25, -0.2) is 0 Å². The molecule has 1 N–H and O–H groups in total. The van der Waals surface area contributed by atoms with E-state index in [1.807, 2.05) is 0 Å². The molecule has 0 aliphatic heterocycles. The van der Waals surface area contributed by atoms with Crippen LogP contribution in [-0.2, 0) is 0 Å². The number of rotatable bonds is 9. The molecule has 0 aromatic carbocycles. The molecule has 0 aliphatic rings. The lowest BCUT2D eigenvalue weighted by atomic mass is 9.92. The zero-order chi connectivity index (χ0) is 12.6. The summed E-state index contributed by atoms with van der Waals surface area (Å²) in [6.07, 6.45) is 2.50. The lowest BCUT2D eigenvalue weighted by Gasteiger charge is -2.32. The molecule has 1 unspecified atom stereocenters. The van der Waals surface area contributed by atoms with E-state index in [0.717, 1.165) is 19.0 Å². The van der Waals surface area contributed by atoms with Crippen LogP contribution in [0.25, 0.3) is 0 Å². The number of hydrogen-bond acceptors (Lipinski definition) is 2. The first-order chi connectivity index (χ1) is 7.41. The van der Waals surface area contributed by atoms with Crippen molar-refractivity contribution in [1.82, 2.24) is 10.2 Å². The Morgan fingerprint density at radius 1 is 1.25 bits per heavy atom. The molecule has 0 bridgehead atoms. The van der Waals surface area contributed by atoms with Gasteiger partial charge in [-0.15, -0.1) is 0 Å². The van der Waals surface area contributed by atoms with Crippen LogP contribution in [-0.4, -0.2) is 38.1 Å². The van der Waals surface area contributed by atoms with Crippen molar-refractivity contribution in [3.8, 4) is 0 Å². The minimum Gasteiger partial charge on any atom is -0.316 e. The van der Waals surface area contributed by atoms with Crippen molar-refractivity contribution in [3.63, 3.8) is 0 Å². The van der Waals surface area contributed by atoms with E-state index in [0.29, 0.717) is 5.41 Å². The molecule has 0 fully saturated rings. The van der Waals surface area contributed by atoms with E-state index in [1.165, 1.54) is 25.9 Å². The molecule has 98 valence electrons. The minimum atomic E-state index is 0.372. The molecule has 0 radical (unpaired) electrons. The molecule has 0 aromatic heterocycles. The maximum Gasteiger partial charge on any atom is 0.00419 e. The van der Waals surface area contributed by atoms with Gasteiger partial charge in [-0.1, -0.05) is 41.0 Å². The van der Waals surface area contributed by atoms with Gasteiger partial charge >= 0.3 is 0 Å². The Bertz CT molecular complexity index is 166. The topological polar surface area (TPSA) is 15.3 Å². The van der Waals surface area contributed by atoms with Crippen molar-refractivity contribution in [2.45, 2.75) is 47.5 Å². The summed E-state index contributed by atoms with van der Waals surface area (Å²) in [6.45, 7) is 16.2. The number of nitrogens with zero attached hydrogens (tertiary/aromatic N) is 1. The monoisotopic (exact) mass is 228 g/mol. The van der Waals surface area contributed by atoms with Crippen LogP contribution < -0.4 is 5.32 Å². The zero-order valence-electron chi connectivity index (χ0n) is 12.3. The van der Waals surface area contributed by atoms with Gasteiger partial charge in [0.05, 0.1) is 0 Å². The first kappa shape index (κ1) is 15.9. The highest BCUT2D eigenvalue weighted by molar-refractivity contribution is 4.75. The minimum absolute atomic E-state index is 0.372. The SMILES string of the molecule is CCCNCC(C)(C)CN(C)CC(C)CC. The second-order valence-electron chi connectivity index (χ2n) is 6.05. The Balaban J connectivity index is 3.84. The predicted molar refractivity (Wildman–Crippen MR) is 73.9 cm³/mol. The van der Waals surface area contributed by atoms with Crippen molar-refractivity contribution in [3.05, 3.63) is 0 Å². The number of nitrogens with one attached hydrogen (secondary N) is 1. The van der Waals surface area contributed by atoms with Crippen LogP contribution in [0.15, 0.2) is 0 Å². The molecule has 16 heavy (non-hydrogen) atoms. The van der Waals surface area contributed by atoms with E-state index in [4.69, 9.17) is 0 Å². The van der Waals surface area contributed by atoms with Gasteiger partial charge < -0.3 is 10.2 Å². The highest BCUT2D eigenvalue weighted by Crippen LogP contribution is 2.16. The van der Waals surface area contributed by atoms with Crippen molar-refractivity contribution in [2.75, 3.05) is 33.2 Å². The third-order valence-electron chi connectivity index (χ3n) is 3.05. The van der Waals surface area contributed by atoms with Crippen LogP contribution in [0.2, 0.25) is 0 Å². The van der Waals surface area contributed by atoms with E-state index < -0.39 is 0 Å². The Kier molecular flexibility index (Phi) is 8.04. The van der Waals surface area contributed by atoms with Crippen LogP contribution in [0.4, 0.5) is 0 Å². The van der Waals surface area contributed by atoms with Crippen LogP contribution >= 0.6 is 0 Å². The Hall–Kier alpha value is -0.0800. The van der Waals surface area contributed by atoms with Crippen molar-refractivity contribution >= 4 is 0 Å². The average Bonchev–Trinajstić information content (AvgIpc) is 2.16. The second-order valence-corrected chi connectivity index (χ2v) is 6.05. The van der Waals surface area contributed by atoms with Crippen LogP contribution in [0.5, 0.6) is 0 Å². The van der Waals surface area contributed by atoms with Gasteiger partial charge in [-0.05, 0) is 31.3 Å². The smallest absolute Gasteiger partial charge is 0.00419 e. The molecular formula is C14H32N2. The molecule has 0 saturated carbocycles. The average molecular weight is 228 g/mol. The fourth-order valence-electron chi connectivity index (χ4n) is 2.12. The van der Waals surface area contributed by atoms with Crippen LogP contribution in [0, 0.1) is 11.3 Å². The molecule has 0 amide bonds. The second kappa shape index (κ2) is 8.08. The van der Waals surface area contributed by atoms with Crippen LogP contribution in [0.3, 0.4) is 0 Å². The van der Waals surface area contributed by atoms with Gasteiger partial charge in [0, 0.05) is 19.6 Å². The largest absolute Gasteiger partial charge is 0.316 e. The van der Waals surface area contributed by atoms with E-state index >= 15 is 0 Å². The first-order valence-corrected chi connectivity index (χ1v) is 6.80. The molecule has 0 spiro atoms. The Morgan fingerprint density at radius 3 is 2.38 bits per heavy atom. The summed E-state index contributed by atoms with van der Waals surface area (Å²) in [7, 11) is 2.24. The summed E-state index contributed by atoms with van der Waals surface area (Å²) < 4.78 is 0. The number of hydrogen-bond donors (Lipinski definition) is 1. The Labute approximate surface area is 103 Å². The maximum absolute atomic E-state index is 3.52. The van der Waals surface area contributed by atoms with E-state index in [2.05, 4.69) is 51.9 Å². The van der Waals surface area contributed by atoms with Crippen molar-refractivity contribution in [1.29, 1.82) is 0 Å². The van der Waals surface area contributed by atoms with Gasteiger partial charge in [0.25, 0.3) is 0 Å². The summed E-state index contributed by atoms with van der Waals surface area (Å²) in [5.41, 5.74) is 0.372. The quantitative estimate of drug-likeness (QED) is 0.610.